The van der Waals surface area contributed by atoms with Gasteiger partial charge < -0.3 is 40.9 Å². The molecule has 134 valence electrons. The fraction of sp³-hybridized carbons (Fsp3) is 0. The first-order valence-electron chi connectivity index (χ1n) is 7.25. The summed E-state index contributed by atoms with van der Waals surface area (Å²) in [4.78, 5) is 0. The SMILES string of the molecule is Oc1cc(O)c(-c2cc(O)c(-c3cc(O)c(O)c(O)c3)c(O)c2)c(O)c1. The maximum absolute atomic E-state index is 10.3. The van der Waals surface area contributed by atoms with Crippen molar-refractivity contribution in [1.82, 2.24) is 0 Å². The van der Waals surface area contributed by atoms with Crippen LogP contribution in [0.3, 0.4) is 0 Å². The molecule has 0 spiro atoms. The van der Waals surface area contributed by atoms with E-state index in [1.165, 1.54) is 0 Å². The van der Waals surface area contributed by atoms with E-state index in [4.69, 9.17) is 0 Å². The maximum atomic E-state index is 10.3. The molecular formula is C18H14O8. The van der Waals surface area contributed by atoms with Crippen LogP contribution in [0.5, 0.6) is 46.0 Å². The number of aromatic hydroxyl groups is 8. The highest BCUT2D eigenvalue weighted by Crippen LogP contribution is 2.48. The van der Waals surface area contributed by atoms with Gasteiger partial charge in [0, 0.05) is 12.1 Å². The lowest BCUT2D eigenvalue weighted by Gasteiger charge is -2.14. The van der Waals surface area contributed by atoms with Crippen molar-refractivity contribution in [1.29, 1.82) is 0 Å². The van der Waals surface area contributed by atoms with E-state index >= 15 is 0 Å². The van der Waals surface area contributed by atoms with Crippen molar-refractivity contribution >= 4 is 0 Å². The zero-order valence-corrected chi connectivity index (χ0v) is 13.0. The van der Waals surface area contributed by atoms with Crippen LogP contribution in [-0.2, 0) is 0 Å². The van der Waals surface area contributed by atoms with Crippen molar-refractivity contribution in [3.05, 3.63) is 36.4 Å². The smallest absolute Gasteiger partial charge is 0.200 e. The van der Waals surface area contributed by atoms with E-state index in [1.54, 1.807) is 0 Å². The van der Waals surface area contributed by atoms with Crippen LogP contribution in [0.4, 0.5) is 0 Å². The number of phenolic OH excluding ortho intramolecular Hbond substituents is 8. The molecule has 0 saturated carbocycles. The number of benzene rings is 3. The second kappa shape index (κ2) is 5.85. The minimum Gasteiger partial charge on any atom is -0.508 e. The average molecular weight is 358 g/mol. The van der Waals surface area contributed by atoms with Crippen LogP contribution in [0.25, 0.3) is 22.3 Å². The summed E-state index contributed by atoms with van der Waals surface area (Å²) in [7, 11) is 0. The Hall–Kier alpha value is -3.94. The Kier molecular flexibility index (Phi) is 3.80. The molecule has 0 atom stereocenters. The monoisotopic (exact) mass is 358 g/mol. The molecule has 0 unspecified atom stereocenters. The van der Waals surface area contributed by atoms with Gasteiger partial charge in [0.15, 0.2) is 17.2 Å². The standard InChI is InChI=1S/C18H14O8/c19-9-5-12(22)17(13(23)6-9)7-1-10(20)16(11(21)2-7)8-3-14(24)18(26)15(25)4-8/h1-6,19-26H. The van der Waals surface area contributed by atoms with Crippen LogP contribution in [0.15, 0.2) is 36.4 Å². The van der Waals surface area contributed by atoms with E-state index in [0.29, 0.717) is 0 Å². The molecule has 0 aliphatic rings. The molecule has 3 aromatic carbocycles. The van der Waals surface area contributed by atoms with Gasteiger partial charge >= 0.3 is 0 Å². The Labute approximate surface area is 146 Å². The van der Waals surface area contributed by atoms with Crippen LogP contribution >= 0.6 is 0 Å². The zero-order valence-electron chi connectivity index (χ0n) is 13.0. The van der Waals surface area contributed by atoms with Gasteiger partial charge in [0.25, 0.3) is 0 Å². The summed E-state index contributed by atoms with van der Waals surface area (Å²) in [5.74, 6) is -4.36. The molecule has 0 radical (unpaired) electrons. The summed E-state index contributed by atoms with van der Waals surface area (Å²) in [5.41, 5.74) is -0.224. The summed E-state index contributed by atoms with van der Waals surface area (Å²) >= 11 is 0. The first-order valence-corrected chi connectivity index (χ1v) is 7.25. The molecule has 0 saturated heterocycles. The van der Waals surface area contributed by atoms with Crippen molar-refractivity contribution in [2.24, 2.45) is 0 Å². The van der Waals surface area contributed by atoms with Gasteiger partial charge in [-0.25, -0.2) is 0 Å². The van der Waals surface area contributed by atoms with E-state index in [1.807, 2.05) is 0 Å². The highest BCUT2D eigenvalue weighted by molar-refractivity contribution is 5.86. The first-order chi connectivity index (χ1) is 12.2. The molecule has 0 aliphatic carbocycles. The Morgan fingerprint density at radius 2 is 0.692 bits per heavy atom. The summed E-state index contributed by atoms with van der Waals surface area (Å²) in [5, 5.41) is 78.3. The normalized spacial score (nSPS) is 10.8. The Morgan fingerprint density at radius 3 is 1.08 bits per heavy atom. The number of hydrogen-bond donors (Lipinski definition) is 8. The van der Waals surface area contributed by atoms with Crippen LogP contribution in [0, 0.1) is 0 Å². The van der Waals surface area contributed by atoms with Gasteiger partial charge in [0.1, 0.15) is 28.7 Å². The number of rotatable bonds is 2. The van der Waals surface area contributed by atoms with Crippen LogP contribution in [-0.4, -0.2) is 40.9 Å². The molecule has 0 fully saturated rings. The van der Waals surface area contributed by atoms with Gasteiger partial charge in [0.05, 0.1) is 11.1 Å². The Bertz CT molecular complexity index is 957. The van der Waals surface area contributed by atoms with Gasteiger partial charge in [-0.3, -0.25) is 0 Å². The van der Waals surface area contributed by atoms with E-state index in [-0.39, 0.29) is 28.0 Å². The lowest BCUT2D eigenvalue weighted by Crippen LogP contribution is -1.86. The van der Waals surface area contributed by atoms with Gasteiger partial charge in [0.2, 0.25) is 0 Å². The molecule has 0 aromatic heterocycles. The van der Waals surface area contributed by atoms with Crippen molar-refractivity contribution in [3.63, 3.8) is 0 Å². The van der Waals surface area contributed by atoms with Crippen LogP contribution in [0.2, 0.25) is 0 Å². The largest absolute Gasteiger partial charge is 0.508 e. The number of phenols is 8. The third-order valence-electron chi connectivity index (χ3n) is 3.83. The minimum atomic E-state index is -0.747. The summed E-state index contributed by atoms with van der Waals surface area (Å²) < 4.78 is 0. The van der Waals surface area contributed by atoms with Crippen LogP contribution < -0.4 is 0 Å². The molecule has 8 heteroatoms. The van der Waals surface area contributed by atoms with Crippen LogP contribution in [0.1, 0.15) is 0 Å². The van der Waals surface area contributed by atoms with E-state index in [2.05, 4.69) is 0 Å². The number of hydrogen-bond acceptors (Lipinski definition) is 8. The van der Waals surface area contributed by atoms with Gasteiger partial charge in [-0.1, -0.05) is 0 Å². The fourth-order valence-corrected chi connectivity index (χ4v) is 2.69. The Morgan fingerprint density at radius 1 is 0.385 bits per heavy atom. The predicted octanol–water partition coefficient (Wildman–Crippen LogP) is 2.67. The molecule has 26 heavy (non-hydrogen) atoms. The first kappa shape index (κ1) is 16.9. The van der Waals surface area contributed by atoms with E-state index in [9.17, 15) is 40.9 Å². The lowest BCUT2D eigenvalue weighted by molar-refractivity contribution is 0.368. The molecule has 0 amide bonds. The molecule has 8 nitrogen and oxygen atoms in total. The van der Waals surface area contributed by atoms with Gasteiger partial charge in [-0.05, 0) is 35.4 Å². The zero-order chi connectivity index (χ0) is 19.2. The summed E-state index contributed by atoms with van der Waals surface area (Å²) in [6.45, 7) is 0. The average Bonchev–Trinajstić information content (AvgIpc) is 2.50. The predicted molar refractivity (Wildman–Crippen MR) is 90.6 cm³/mol. The topological polar surface area (TPSA) is 162 Å². The molecule has 0 bridgehead atoms. The quantitative estimate of drug-likeness (QED) is 0.324. The maximum Gasteiger partial charge on any atom is 0.200 e. The molecule has 0 aliphatic heterocycles. The third-order valence-corrected chi connectivity index (χ3v) is 3.83. The molecular weight excluding hydrogens is 344 g/mol. The molecule has 3 aromatic rings. The van der Waals surface area contributed by atoms with Gasteiger partial charge in [-0.15, -0.1) is 0 Å². The van der Waals surface area contributed by atoms with Gasteiger partial charge in [-0.2, -0.15) is 0 Å². The van der Waals surface area contributed by atoms with Crippen molar-refractivity contribution in [3.8, 4) is 68.2 Å². The van der Waals surface area contributed by atoms with E-state index in [0.717, 1.165) is 36.4 Å². The summed E-state index contributed by atoms with van der Waals surface area (Å²) in [6, 6.07) is 6.27. The van der Waals surface area contributed by atoms with Crippen molar-refractivity contribution in [2.45, 2.75) is 0 Å². The second-order valence-corrected chi connectivity index (χ2v) is 5.61. The highest BCUT2D eigenvalue weighted by Gasteiger charge is 2.20. The van der Waals surface area contributed by atoms with Crippen molar-refractivity contribution in [2.75, 3.05) is 0 Å². The lowest BCUT2D eigenvalue weighted by atomic mass is 9.96. The Balaban J connectivity index is 2.20. The second-order valence-electron chi connectivity index (χ2n) is 5.61. The highest BCUT2D eigenvalue weighted by atomic mass is 16.3. The van der Waals surface area contributed by atoms with E-state index < -0.39 is 40.2 Å². The third kappa shape index (κ3) is 2.69. The summed E-state index contributed by atoms with van der Waals surface area (Å²) in [6.07, 6.45) is 0. The van der Waals surface area contributed by atoms with Crippen molar-refractivity contribution < 1.29 is 40.9 Å². The molecule has 8 N–H and O–H groups in total. The molecule has 0 heterocycles. The fourth-order valence-electron chi connectivity index (χ4n) is 2.69. The minimum absolute atomic E-state index is 0.0125. The molecule has 3 rings (SSSR count).